The predicted molar refractivity (Wildman–Crippen MR) is 147 cm³/mol. The number of nitrogens with zero attached hydrogens (tertiary/aromatic N) is 2. The van der Waals surface area contributed by atoms with Crippen LogP contribution in [-0.4, -0.2) is 50.8 Å². The molecule has 0 fully saturated rings. The molecule has 1 N–H and O–H groups in total. The summed E-state index contributed by atoms with van der Waals surface area (Å²) in [5.41, 5.74) is 3.17. The normalized spacial score (nSPS) is 12.0. The minimum atomic E-state index is -4.06. The van der Waals surface area contributed by atoms with Crippen molar-refractivity contribution in [1.82, 2.24) is 10.2 Å². The van der Waals surface area contributed by atoms with Gasteiger partial charge in [0.2, 0.25) is 11.8 Å². The van der Waals surface area contributed by atoms with Gasteiger partial charge in [-0.2, -0.15) is 0 Å². The third-order valence-electron chi connectivity index (χ3n) is 6.23. The van der Waals surface area contributed by atoms with Gasteiger partial charge in [0.05, 0.1) is 10.6 Å². The SMILES string of the molecule is CCNC(=O)[C@@H](C)N(CCc1ccccc1)C(=O)CN(c1ccc(C)cc1C)S(=O)(=O)c1ccccc1. The van der Waals surface area contributed by atoms with Crippen molar-refractivity contribution in [3.8, 4) is 0 Å². The highest BCUT2D eigenvalue weighted by Crippen LogP contribution is 2.28. The molecule has 3 aromatic rings. The maximum atomic E-state index is 13.8. The van der Waals surface area contributed by atoms with Crippen LogP contribution in [0.2, 0.25) is 0 Å². The first-order chi connectivity index (χ1) is 17.6. The molecule has 0 saturated carbocycles. The van der Waals surface area contributed by atoms with Gasteiger partial charge in [-0.15, -0.1) is 0 Å². The van der Waals surface area contributed by atoms with E-state index in [0.717, 1.165) is 21.0 Å². The first kappa shape index (κ1) is 27.9. The van der Waals surface area contributed by atoms with Crippen LogP contribution in [0.4, 0.5) is 5.69 Å². The van der Waals surface area contributed by atoms with Gasteiger partial charge in [0.25, 0.3) is 10.0 Å². The zero-order valence-electron chi connectivity index (χ0n) is 21.8. The lowest BCUT2D eigenvalue weighted by atomic mass is 10.1. The van der Waals surface area contributed by atoms with Gasteiger partial charge in [0.15, 0.2) is 0 Å². The third kappa shape index (κ3) is 6.98. The number of carbonyl (C=O) groups is 2. The molecule has 0 bridgehead atoms. The van der Waals surface area contributed by atoms with E-state index in [1.54, 1.807) is 31.2 Å². The van der Waals surface area contributed by atoms with E-state index in [-0.39, 0.29) is 17.3 Å². The van der Waals surface area contributed by atoms with Crippen LogP contribution in [0.15, 0.2) is 83.8 Å². The standard InChI is InChI=1S/C29H35N3O4S/c1-5-30-29(34)24(4)31(19-18-25-12-8-6-9-13-25)28(33)21-32(27-17-16-22(2)20-23(27)3)37(35,36)26-14-10-7-11-15-26/h6-17,20,24H,5,18-19,21H2,1-4H3,(H,30,34)/t24-/m1/s1. The highest BCUT2D eigenvalue weighted by Gasteiger charge is 2.32. The number of likely N-dealkylation sites (N-methyl/N-ethyl adjacent to an activating group) is 1. The molecule has 0 heterocycles. The van der Waals surface area contributed by atoms with E-state index in [1.807, 2.05) is 63.2 Å². The molecule has 0 aliphatic carbocycles. The molecule has 0 unspecified atom stereocenters. The van der Waals surface area contributed by atoms with Gasteiger partial charge in [0.1, 0.15) is 12.6 Å². The van der Waals surface area contributed by atoms with Crippen molar-refractivity contribution in [1.29, 1.82) is 0 Å². The van der Waals surface area contributed by atoms with E-state index in [0.29, 0.717) is 18.7 Å². The number of sulfonamides is 1. The second kappa shape index (κ2) is 12.5. The first-order valence-electron chi connectivity index (χ1n) is 12.4. The van der Waals surface area contributed by atoms with Crippen molar-refractivity contribution in [3.63, 3.8) is 0 Å². The fourth-order valence-corrected chi connectivity index (χ4v) is 5.71. The van der Waals surface area contributed by atoms with Gasteiger partial charge < -0.3 is 10.2 Å². The summed E-state index contributed by atoms with van der Waals surface area (Å²) in [4.78, 5) is 28.1. The fourth-order valence-electron chi connectivity index (χ4n) is 4.21. The summed E-state index contributed by atoms with van der Waals surface area (Å²) in [6, 6.07) is 22.4. The number of nitrogens with one attached hydrogen (secondary N) is 1. The molecule has 196 valence electrons. The summed E-state index contributed by atoms with van der Waals surface area (Å²) in [6.45, 7) is 7.51. The van der Waals surface area contributed by atoms with Crippen molar-refractivity contribution >= 4 is 27.5 Å². The quantitative estimate of drug-likeness (QED) is 0.412. The van der Waals surface area contributed by atoms with Crippen LogP contribution in [0.25, 0.3) is 0 Å². The Bertz CT molecular complexity index is 1310. The zero-order chi connectivity index (χ0) is 27.0. The molecular weight excluding hydrogens is 486 g/mol. The van der Waals surface area contributed by atoms with Gasteiger partial charge in [-0.3, -0.25) is 13.9 Å². The van der Waals surface area contributed by atoms with Crippen molar-refractivity contribution < 1.29 is 18.0 Å². The summed E-state index contributed by atoms with van der Waals surface area (Å²) in [5, 5.41) is 2.77. The van der Waals surface area contributed by atoms with Gasteiger partial charge >= 0.3 is 0 Å². The fraction of sp³-hybridized carbons (Fsp3) is 0.310. The van der Waals surface area contributed by atoms with Crippen LogP contribution in [0.3, 0.4) is 0 Å². The molecule has 0 aliphatic rings. The van der Waals surface area contributed by atoms with Gasteiger partial charge in [-0.25, -0.2) is 8.42 Å². The van der Waals surface area contributed by atoms with Gasteiger partial charge in [-0.1, -0.05) is 66.2 Å². The lowest BCUT2D eigenvalue weighted by Gasteiger charge is -2.32. The summed E-state index contributed by atoms with van der Waals surface area (Å²) >= 11 is 0. The average Bonchev–Trinajstić information content (AvgIpc) is 2.89. The Balaban J connectivity index is 1.99. The second-order valence-corrected chi connectivity index (χ2v) is 10.9. The molecule has 37 heavy (non-hydrogen) atoms. The molecule has 0 spiro atoms. The molecule has 1 atom stereocenters. The number of hydrogen-bond acceptors (Lipinski definition) is 4. The molecule has 7 nitrogen and oxygen atoms in total. The van der Waals surface area contributed by atoms with E-state index in [9.17, 15) is 18.0 Å². The summed E-state index contributed by atoms with van der Waals surface area (Å²) in [5.74, 6) is -0.734. The molecule has 0 radical (unpaired) electrons. The van der Waals surface area contributed by atoms with Crippen LogP contribution in [0.5, 0.6) is 0 Å². The Kier molecular flexibility index (Phi) is 9.47. The average molecular weight is 522 g/mol. The largest absolute Gasteiger partial charge is 0.355 e. The van der Waals surface area contributed by atoms with Gasteiger partial charge in [-0.05, 0) is 63.4 Å². The number of carbonyl (C=O) groups excluding carboxylic acids is 2. The third-order valence-corrected chi connectivity index (χ3v) is 8.01. The van der Waals surface area contributed by atoms with E-state index >= 15 is 0 Å². The molecule has 0 aromatic heterocycles. The number of anilines is 1. The van der Waals surface area contributed by atoms with Crippen molar-refractivity contribution in [3.05, 3.63) is 95.6 Å². The predicted octanol–water partition coefficient (Wildman–Crippen LogP) is 4.09. The minimum Gasteiger partial charge on any atom is -0.355 e. The monoisotopic (exact) mass is 521 g/mol. The maximum absolute atomic E-state index is 13.8. The lowest BCUT2D eigenvalue weighted by molar-refractivity contribution is -0.138. The number of hydrogen-bond donors (Lipinski definition) is 1. The minimum absolute atomic E-state index is 0.0929. The van der Waals surface area contributed by atoms with Gasteiger partial charge in [0, 0.05) is 13.1 Å². The number of aryl methyl sites for hydroxylation is 2. The smallest absolute Gasteiger partial charge is 0.264 e. The Hall–Kier alpha value is -3.65. The summed E-state index contributed by atoms with van der Waals surface area (Å²) in [6.07, 6.45) is 0.533. The van der Waals surface area contributed by atoms with E-state index in [4.69, 9.17) is 0 Å². The summed E-state index contributed by atoms with van der Waals surface area (Å²) < 4.78 is 28.7. The molecule has 3 rings (SSSR count). The topological polar surface area (TPSA) is 86.8 Å². The molecule has 0 aliphatic heterocycles. The Morgan fingerprint density at radius 2 is 1.54 bits per heavy atom. The van der Waals surface area contributed by atoms with E-state index < -0.39 is 28.5 Å². The highest BCUT2D eigenvalue weighted by atomic mass is 32.2. The second-order valence-electron chi connectivity index (χ2n) is 9.01. The van der Waals surface area contributed by atoms with Crippen molar-refractivity contribution in [2.75, 3.05) is 23.9 Å². The van der Waals surface area contributed by atoms with Crippen LogP contribution in [-0.2, 0) is 26.0 Å². The van der Waals surface area contributed by atoms with Crippen LogP contribution in [0, 0.1) is 13.8 Å². The molecule has 0 saturated heterocycles. The lowest BCUT2D eigenvalue weighted by Crippen LogP contribution is -2.52. The Morgan fingerprint density at radius 3 is 2.14 bits per heavy atom. The van der Waals surface area contributed by atoms with Crippen molar-refractivity contribution in [2.24, 2.45) is 0 Å². The summed E-state index contributed by atoms with van der Waals surface area (Å²) in [7, 11) is -4.06. The van der Waals surface area contributed by atoms with E-state index in [1.165, 1.54) is 17.0 Å². The Labute approximate surface area is 220 Å². The maximum Gasteiger partial charge on any atom is 0.264 e. The zero-order valence-corrected chi connectivity index (χ0v) is 22.7. The number of rotatable bonds is 11. The molecular formula is C29H35N3O4S. The van der Waals surface area contributed by atoms with Crippen LogP contribution >= 0.6 is 0 Å². The Morgan fingerprint density at radius 1 is 0.919 bits per heavy atom. The van der Waals surface area contributed by atoms with E-state index in [2.05, 4.69) is 5.32 Å². The molecule has 8 heteroatoms. The molecule has 3 aromatic carbocycles. The van der Waals surface area contributed by atoms with Crippen molar-refractivity contribution in [2.45, 2.75) is 45.1 Å². The van der Waals surface area contributed by atoms with Crippen LogP contribution < -0.4 is 9.62 Å². The first-order valence-corrected chi connectivity index (χ1v) is 13.8. The number of amides is 2. The molecule has 2 amide bonds. The highest BCUT2D eigenvalue weighted by molar-refractivity contribution is 7.92. The number of benzene rings is 3. The van der Waals surface area contributed by atoms with Crippen LogP contribution in [0.1, 0.15) is 30.5 Å².